The minimum Gasteiger partial charge on any atom is -0.478 e. The molecule has 18 heavy (non-hydrogen) atoms. The van der Waals surface area contributed by atoms with Gasteiger partial charge in [-0.1, -0.05) is 6.58 Å². The van der Waals surface area contributed by atoms with E-state index in [1.165, 1.54) is 26.2 Å². The molecular formula is C13H14O5. The van der Waals surface area contributed by atoms with Crippen LogP contribution < -0.4 is 0 Å². The standard InChI is InChI=1S/C13H14O5/c1-8(2)13(16)18-11(7-9(3)12(14)15)10-5-4-6-17-10/h4-7,11H,1H2,2-3H3,(H,14,15). The van der Waals surface area contributed by atoms with Gasteiger partial charge in [-0.2, -0.15) is 0 Å². The number of esters is 1. The fraction of sp³-hybridized carbons (Fsp3) is 0.231. The molecule has 0 aliphatic heterocycles. The molecule has 0 saturated heterocycles. The van der Waals surface area contributed by atoms with Crippen LogP contribution in [0.25, 0.3) is 0 Å². The van der Waals surface area contributed by atoms with E-state index in [1.807, 2.05) is 0 Å². The monoisotopic (exact) mass is 250 g/mol. The Balaban J connectivity index is 2.97. The first-order chi connectivity index (χ1) is 8.41. The molecule has 1 atom stereocenters. The van der Waals surface area contributed by atoms with Crippen molar-refractivity contribution in [1.82, 2.24) is 0 Å². The summed E-state index contributed by atoms with van der Waals surface area (Å²) in [5, 5.41) is 8.81. The van der Waals surface area contributed by atoms with E-state index in [0.717, 1.165) is 0 Å². The second-order valence-electron chi connectivity index (χ2n) is 3.78. The molecule has 0 saturated carbocycles. The Morgan fingerprint density at radius 1 is 1.50 bits per heavy atom. The van der Waals surface area contributed by atoms with Gasteiger partial charge >= 0.3 is 11.9 Å². The summed E-state index contributed by atoms with van der Waals surface area (Å²) in [7, 11) is 0. The Hall–Kier alpha value is -2.30. The highest BCUT2D eigenvalue weighted by Gasteiger charge is 2.19. The Labute approximate surface area is 104 Å². The van der Waals surface area contributed by atoms with Gasteiger partial charge in [-0.25, -0.2) is 9.59 Å². The minimum atomic E-state index is -1.09. The molecule has 96 valence electrons. The lowest BCUT2D eigenvalue weighted by Gasteiger charge is -2.12. The van der Waals surface area contributed by atoms with E-state index in [-0.39, 0.29) is 11.1 Å². The molecule has 1 aromatic heterocycles. The molecule has 1 unspecified atom stereocenters. The summed E-state index contributed by atoms with van der Waals surface area (Å²) in [4.78, 5) is 22.2. The number of carbonyl (C=O) groups excluding carboxylic acids is 1. The minimum absolute atomic E-state index is 0.0610. The Morgan fingerprint density at radius 2 is 2.17 bits per heavy atom. The largest absolute Gasteiger partial charge is 0.478 e. The molecule has 5 nitrogen and oxygen atoms in total. The fourth-order valence-corrected chi connectivity index (χ4v) is 1.14. The van der Waals surface area contributed by atoms with Crippen molar-refractivity contribution in [2.75, 3.05) is 0 Å². The van der Waals surface area contributed by atoms with Gasteiger partial charge in [-0.05, 0) is 32.1 Å². The molecule has 0 radical (unpaired) electrons. The van der Waals surface area contributed by atoms with Gasteiger partial charge in [0.1, 0.15) is 5.76 Å². The van der Waals surface area contributed by atoms with Gasteiger partial charge in [0, 0.05) is 11.1 Å². The predicted molar refractivity (Wildman–Crippen MR) is 63.7 cm³/mol. The van der Waals surface area contributed by atoms with Gasteiger partial charge in [0.25, 0.3) is 0 Å². The lowest BCUT2D eigenvalue weighted by Crippen LogP contribution is -2.11. The molecule has 0 bridgehead atoms. The predicted octanol–water partition coefficient (Wildman–Crippen LogP) is 2.47. The van der Waals surface area contributed by atoms with Crippen LogP contribution in [0.4, 0.5) is 0 Å². The Kier molecular flexibility index (Phi) is 4.48. The number of carboxylic acids is 1. The summed E-state index contributed by atoms with van der Waals surface area (Å²) in [6.45, 7) is 6.38. The molecule has 0 fully saturated rings. The molecule has 1 heterocycles. The molecular weight excluding hydrogens is 236 g/mol. The molecule has 0 aliphatic carbocycles. The van der Waals surface area contributed by atoms with Crippen LogP contribution in [0.3, 0.4) is 0 Å². The third-order valence-corrected chi connectivity index (χ3v) is 2.14. The topological polar surface area (TPSA) is 76.7 Å². The number of ether oxygens (including phenoxy) is 1. The first kappa shape index (κ1) is 13.8. The quantitative estimate of drug-likeness (QED) is 0.641. The van der Waals surface area contributed by atoms with E-state index in [1.54, 1.807) is 12.1 Å². The van der Waals surface area contributed by atoms with Crippen molar-refractivity contribution in [3.8, 4) is 0 Å². The number of aliphatic carboxylic acids is 1. The first-order valence-electron chi connectivity index (χ1n) is 5.23. The van der Waals surface area contributed by atoms with Crippen molar-refractivity contribution in [3.05, 3.63) is 48.0 Å². The van der Waals surface area contributed by atoms with Crippen LogP contribution in [0.2, 0.25) is 0 Å². The zero-order chi connectivity index (χ0) is 13.7. The number of hydrogen-bond donors (Lipinski definition) is 1. The van der Waals surface area contributed by atoms with E-state index in [4.69, 9.17) is 14.3 Å². The average molecular weight is 250 g/mol. The van der Waals surface area contributed by atoms with E-state index < -0.39 is 18.0 Å². The lowest BCUT2D eigenvalue weighted by atomic mass is 10.2. The lowest BCUT2D eigenvalue weighted by molar-refractivity contribution is -0.143. The zero-order valence-corrected chi connectivity index (χ0v) is 10.2. The van der Waals surface area contributed by atoms with E-state index in [9.17, 15) is 9.59 Å². The number of carboxylic acid groups (broad SMARTS) is 1. The molecule has 0 spiro atoms. The van der Waals surface area contributed by atoms with Crippen LogP contribution in [-0.2, 0) is 14.3 Å². The van der Waals surface area contributed by atoms with E-state index >= 15 is 0 Å². The summed E-state index contributed by atoms with van der Waals surface area (Å²) in [5.41, 5.74) is 0.291. The van der Waals surface area contributed by atoms with Crippen LogP contribution in [0.1, 0.15) is 25.7 Å². The van der Waals surface area contributed by atoms with Crippen LogP contribution >= 0.6 is 0 Å². The molecule has 0 aromatic carbocycles. The normalized spacial score (nSPS) is 12.9. The van der Waals surface area contributed by atoms with Crippen LogP contribution in [0.15, 0.2) is 46.6 Å². The fourth-order valence-electron chi connectivity index (χ4n) is 1.14. The highest BCUT2D eigenvalue weighted by Crippen LogP contribution is 2.22. The SMILES string of the molecule is C=C(C)C(=O)OC(C=C(C)C(=O)O)c1ccco1. The number of hydrogen-bond acceptors (Lipinski definition) is 4. The van der Waals surface area contributed by atoms with Crippen LogP contribution in [-0.4, -0.2) is 17.0 Å². The molecule has 0 amide bonds. The van der Waals surface area contributed by atoms with E-state index in [2.05, 4.69) is 6.58 Å². The van der Waals surface area contributed by atoms with Crippen LogP contribution in [0.5, 0.6) is 0 Å². The van der Waals surface area contributed by atoms with Crippen molar-refractivity contribution in [2.45, 2.75) is 20.0 Å². The summed E-state index contributed by atoms with van der Waals surface area (Å²) >= 11 is 0. The second-order valence-corrected chi connectivity index (χ2v) is 3.78. The third-order valence-electron chi connectivity index (χ3n) is 2.14. The maximum Gasteiger partial charge on any atom is 0.334 e. The summed E-state index contributed by atoms with van der Waals surface area (Å²) in [5.74, 6) is -1.34. The van der Waals surface area contributed by atoms with Crippen molar-refractivity contribution in [2.24, 2.45) is 0 Å². The van der Waals surface area contributed by atoms with Gasteiger partial charge < -0.3 is 14.3 Å². The van der Waals surface area contributed by atoms with Crippen molar-refractivity contribution in [3.63, 3.8) is 0 Å². The molecule has 5 heteroatoms. The number of furan rings is 1. The molecule has 1 aromatic rings. The summed E-state index contributed by atoms with van der Waals surface area (Å²) < 4.78 is 10.2. The number of rotatable bonds is 5. The molecule has 0 aliphatic rings. The second kappa shape index (κ2) is 5.86. The van der Waals surface area contributed by atoms with Crippen LogP contribution in [0, 0.1) is 0 Å². The van der Waals surface area contributed by atoms with Gasteiger partial charge in [0.05, 0.1) is 6.26 Å². The van der Waals surface area contributed by atoms with Crippen molar-refractivity contribution in [1.29, 1.82) is 0 Å². The van der Waals surface area contributed by atoms with Crippen molar-refractivity contribution >= 4 is 11.9 Å². The van der Waals surface area contributed by atoms with Crippen molar-refractivity contribution < 1.29 is 23.8 Å². The van der Waals surface area contributed by atoms with Gasteiger partial charge in [0.15, 0.2) is 6.10 Å². The third kappa shape index (κ3) is 3.62. The Morgan fingerprint density at radius 3 is 2.61 bits per heavy atom. The van der Waals surface area contributed by atoms with Gasteiger partial charge in [-0.3, -0.25) is 0 Å². The summed E-state index contributed by atoms with van der Waals surface area (Å²) in [6.07, 6.45) is 1.85. The summed E-state index contributed by atoms with van der Waals surface area (Å²) in [6, 6.07) is 3.23. The smallest absolute Gasteiger partial charge is 0.334 e. The molecule has 1 N–H and O–H groups in total. The Bertz CT molecular complexity index is 481. The highest BCUT2D eigenvalue weighted by atomic mass is 16.6. The maximum atomic E-state index is 11.5. The zero-order valence-electron chi connectivity index (χ0n) is 10.2. The number of carbonyl (C=O) groups is 2. The van der Waals surface area contributed by atoms with Gasteiger partial charge in [-0.15, -0.1) is 0 Å². The van der Waals surface area contributed by atoms with Gasteiger partial charge in [0.2, 0.25) is 0 Å². The highest BCUT2D eigenvalue weighted by molar-refractivity contribution is 5.88. The maximum absolute atomic E-state index is 11.5. The first-order valence-corrected chi connectivity index (χ1v) is 5.23. The average Bonchev–Trinajstić information content (AvgIpc) is 2.80. The molecule has 1 rings (SSSR count). The van der Waals surface area contributed by atoms with E-state index in [0.29, 0.717) is 5.76 Å².